The molecule has 0 fully saturated rings. The van der Waals surface area contributed by atoms with E-state index in [2.05, 4.69) is 10.4 Å². The highest BCUT2D eigenvalue weighted by Gasteiger charge is 2.24. The van der Waals surface area contributed by atoms with Crippen molar-refractivity contribution in [2.24, 2.45) is 0 Å². The zero-order valence-corrected chi connectivity index (χ0v) is 15.9. The molecule has 0 aliphatic carbocycles. The molecule has 1 aromatic heterocycles. The highest BCUT2D eigenvalue weighted by atomic mass is 35.5. The maximum absolute atomic E-state index is 12.6. The Morgan fingerprint density at radius 2 is 1.82 bits per heavy atom. The average molecular weight is 420 g/mol. The maximum atomic E-state index is 12.6. The maximum Gasteiger partial charge on any atom is 0.305 e. The van der Waals surface area contributed by atoms with E-state index in [9.17, 15) is 19.8 Å². The van der Waals surface area contributed by atoms with Crippen LogP contribution in [0.2, 0.25) is 10.0 Å². The number of nitrogens with one attached hydrogen (secondary N) is 1. The summed E-state index contributed by atoms with van der Waals surface area (Å²) in [6.07, 6.45) is -0.406. The predicted octanol–water partition coefficient (Wildman–Crippen LogP) is 3.83. The van der Waals surface area contributed by atoms with Crippen LogP contribution >= 0.6 is 23.2 Å². The summed E-state index contributed by atoms with van der Waals surface area (Å²) in [5.41, 5.74) is 0.866. The molecule has 1 atom stereocenters. The molecule has 0 aliphatic heterocycles. The standard InChI is InChI=1S/C19H15Cl2N3O4/c20-13-8-4-7-12(18(13)21)14(10-17(26)27)22-19(28)15-9-16(25)24(23-15)11-5-2-1-3-6-11/h1-9,14,25H,10H2,(H,22,28)(H,26,27)/t14-/m0/s1. The number of aliphatic carboxylic acids is 1. The number of para-hydroxylation sites is 1. The van der Waals surface area contributed by atoms with E-state index in [-0.39, 0.29) is 21.6 Å². The van der Waals surface area contributed by atoms with Crippen molar-refractivity contribution in [1.82, 2.24) is 15.1 Å². The van der Waals surface area contributed by atoms with Crippen molar-refractivity contribution in [3.05, 3.63) is 75.9 Å². The molecule has 9 heteroatoms. The number of nitrogens with zero attached hydrogens (tertiary/aromatic N) is 2. The quantitative estimate of drug-likeness (QED) is 0.562. The Balaban J connectivity index is 1.89. The summed E-state index contributed by atoms with van der Waals surface area (Å²) >= 11 is 12.2. The van der Waals surface area contributed by atoms with Crippen molar-refractivity contribution in [2.75, 3.05) is 0 Å². The van der Waals surface area contributed by atoms with Gasteiger partial charge in [0.15, 0.2) is 5.69 Å². The Kier molecular flexibility index (Phi) is 5.87. The molecular weight excluding hydrogens is 405 g/mol. The molecule has 0 spiro atoms. The molecule has 3 rings (SSSR count). The van der Waals surface area contributed by atoms with E-state index in [0.717, 1.165) is 0 Å². The van der Waals surface area contributed by atoms with Crippen LogP contribution in [-0.4, -0.2) is 31.9 Å². The number of halogens is 2. The van der Waals surface area contributed by atoms with E-state index in [1.54, 1.807) is 42.5 Å². The Labute approximate surface area is 170 Å². The van der Waals surface area contributed by atoms with Crippen molar-refractivity contribution < 1.29 is 19.8 Å². The lowest BCUT2D eigenvalue weighted by molar-refractivity contribution is -0.137. The smallest absolute Gasteiger partial charge is 0.305 e. The molecule has 0 saturated carbocycles. The van der Waals surface area contributed by atoms with Crippen molar-refractivity contribution in [3.8, 4) is 11.6 Å². The number of amides is 1. The molecule has 0 radical (unpaired) electrons. The number of hydrogen-bond donors (Lipinski definition) is 3. The highest BCUT2D eigenvalue weighted by Crippen LogP contribution is 2.31. The van der Waals surface area contributed by atoms with E-state index < -0.39 is 24.3 Å². The fourth-order valence-electron chi connectivity index (χ4n) is 2.68. The van der Waals surface area contributed by atoms with Gasteiger partial charge in [-0.3, -0.25) is 9.59 Å². The normalized spacial score (nSPS) is 11.8. The van der Waals surface area contributed by atoms with E-state index in [0.29, 0.717) is 11.3 Å². The van der Waals surface area contributed by atoms with Crippen LogP contribution in [0, 0.1) is 0 Å². The van der Waals surface area contributed by atoms with Crippen molar-refractivity contribution in [2.45, 2.75) is 12.5 Å². The van der Waals surface area contributed by atoms with Crippen molar-refractivity contribution >= 4 is 35.1 Å². The summed E-state index contributed by atoms with van der Waals surface area (Å²) in [5, 5.41) is 26.4. The summed E-state index contributed by atoms with van der Waals surface area (Å²) in [6.45, 7) is 0. The molecule has 144 valence electrons. The Morgan fingerprint density at radius 1 is 1.11 bits per heavy atom. The third-order valence-corrected chi connectivity index (χ3v) is 4.80. The van der Waals surface area contributed by atoms with Crippen LogP contribution in [0.25, 0.3) is 5.69 Å². The summed E-state index contributed by atoms with van der Waals surface area (Å²) in [4.78, 5) is 23.9. The van der Waals surface area contributed by atoms with Gasteiger partial charge < -0.3 is 15.5 Å². The van der Waals surface area contributed by atoms with Gasteiger partial charge in [0.05, 0.1) is 28.2 Å². The fraction of sp³-hybridized carbons (Fsp3) is 0.105. The second-order valence-corrected chi connectivity index (χ2v) is 6.69. The van der Waals surface area contributed by atoms with Crippen LogP contribution in [0.15, 0.2) is 54.6 Å². The van der Waals surface area contributed by atoms with Gasteiger partial charge in [0.25, 0.3) is 5.91 Å². The van der Waals surface area contributed by atoms with Crippen molar-refractivity contribution in [1.29, 1.82) is 0 Å². The Hall–Kier alpha value is -3.03. The van der Waals surface area contributed by atoms with Gasteiger partial charge in [0, 0.05) is 6.07 Å². The third kappa shape index (κ3) is 4.27. The molecule has 0 saturated heterocycles. The molecule has 2 aromatic carbocycles. The van der Waals surface area contributed by atoms with Crippen LogP contribution in [-0.2, 0) is 4.79 Å². The van der Waals surface area contributed by atoms with Crippen LogP contribution in [0.5, 0.6) is 5.88 Å². The lowest BCUT2D eigenvalue weighted by atomic mass is 10.0. The lowest BCUT2D eigenvalue weighted by Crippen LogP contribution is -2.30. The second-order valence-electron chi connectivity index (χ2n) is 5.90. The van der Waals surface area contributed by atoms with Gasteiger partial charge in [-0.25, -0.2) is 4.68 Å². The van der Waals surface area contributed by atoms with Crippen molar-refractivity contribution in [3.63, 3.8) is 0 Å². The molecule has 0 aliphatic rings. The molecule has 3 N–H and O–H groups in total. The monoisotopic (exact) mass is 419 g/mol. The zero-order valence-electron chi connectivity index (χ0n) is 14.3. The van der Waals surface area contributed by atoms with Gasteiger partial charge in [-0.05, 0) is 23.8 Å². The summed E-state index contributed by atoms with van der Waals surface area (Å²) < 4.78 is 1.20. The number of rotatable bonds is 6. The SMILES string of the molecule is O=C(O)C[C@H](NC(=O)c1cc(O)n(-c2ccccc2)n1)c1cccc(Cl)c1Cl. The lowest BCUT2D eigenvalue weighted by Gasteiger charge is -2.18. The van der Waals surface area contributed by atoms with Crippen LogP contribution in [0.4, 0.5) is 0 Å². The van der Waals surface area contributed by atoms with Crippen LogP contribution in [0.1, 0.15) is 28.5 Å². The number of carboxylic acid groups (broad SMARTS) is 1. The second kappa shape index (κ2) is 8.33. The Morgan fingerprint density at radius 3 is 2.50 bits per heavy atom. The summed E-state index contributed by atoms with van der Waals surface area (Å²) in [7, 11) is 0. The Bertz CT molecular complexity index is 1020. The average Bonchev–Trinajstić information content (AvgIpc) is 3.06. The minimum atomic E-state index is -1.13. The number of carbonyl (C=O) groups is 2. The molecular formula is C19H15Cl2N3O4. The molecule has 1 amide bonds. The molecule has 0 bridgehead atoms. The largest absolute Gasteiger partial charge is 0.493 e. The fourth-order valence-corrected chi connectivity index (χ4v) is 3.12. The van der Waals surface area contributed by atoms with E-state index in [4.69, 9.17) is 23.2 Å². The summed E-state index contributed by atoms with van der Waals surface area (Å²) in [5.74, 6) is -2.02. The van der Waals surface area contributed by atoms with Gasteiger partial charge in [-0.15, -0.1) is 0 Å². The zero-order chi connectivity index (χ0) is 20.3. The minimum absolute atomic E-state index is 0.0742. The first kappa shape index (κ1) is 19.7. The minimum Gasteiger partial charge on any atom is -0.493 e. The van der Waals surface area contributed by atoms with E-state index >= 15 is 0 Å². The molecule has 1 heterocycles. The van der Waals surface area contributed by atoms with E-state index in [1.807, 2.05) is 6.07 Å². The number of benzene rings is 2. The van der Waals surface area contributed by atoms with Crippen LogP contribution in [0.3, 0.4) is 0 Å². The number of aromatic nitrogens is 2. The predicted molar refractivity (Wildman–Crippen MR) is 104 cm³/mol. The summed E-state index contributed by atoms with van der Waals surface area (Å²) in [6, 6.07) is 13.8. The molecule has 28 heavy (non-hydrogen) atoms. The first-order valence-corrected chi connectivity index (χ1v) is 8.93. The van der Waals surface area contributed by atoms with E-state index in [1.165, 1.54) is 10.7 Å². The number of aromatic hydroxyl groups is 1. The van der Waals surface area contributed by atoms with Gasteiger partial charge >= 0.3 is 5.97 Å². The van der Waals surface area contributed by atoms with Gasteiger partial charge in [-0.1, -0.05) is 53.5 Å². The number of carboxylic acids is 1. The molecule has 0 unspecified atom stereocenters. The molecule has 7 nitrogen and oxygen atoms in total. The van der Waals surface area contributed by atoms with Gasteiger partial charge in [-0.2, -0.15) is 5.10 Å². The number of carbonyl (C=O) groups excluding carboxylic acids is 1. The van der Waals surface area contributed by atoms with Gasteiger partial charge in [0.2, 0.25) is 5.88 Å². The van der Waals surface area contributed by atoms with Gasteiger partial charge in [0.1, 0.15) is 0 Å². The number of hydrogen-bond acceptors (Lipinski definition) is 4. The first-order chi connectivity index (χ1) is 13.4. The van der Waals surface area contributed by atoms with Crippen LogP contribution < -0.4 is 5.32 Å². The highest BCUT2D eigenvalue weighted by molar-refractivity contribution is 6.42. The first-order valence-electron chi connectivity index (χ1n) is 8.18. The molecule has 3 aromatic rings. The third-order valence-electron chi connectivity index (χ3n) is 3.96. The topological polar surface area (TPSA) is 104 Å².